The molecule has 6 heteroatoms. The second-order valence-corrected chi connectivity index (χ2v) is 3.96. The molecule has 0 saturated heterocycles. The molecule has 0 saturated carbocycles. The maximum atomic E-state index is 11.7. The van der Waals surface area contributed by atoms with Crippen LogP contribution in [-0.2, 0) is 0 Å². The first-order chi connectivity index (χ1) is 8.24. The molecular weight excluding hydrogens is 240 g/mol. The fourth-order valence-electron chi connectivity index (χ4n) is 1.64. The molecule has 0 unspecified atom stereocenters. The lowest BCUT2D eigenvalue weighted by Gasteiger charge is -2.02. The Morgan fingerprint density at radius 2 is 2.18 bits per heavy atom. The third kappa shape index (κ3) is 1.70. The van der Waals surface area contributed by atoms with Crippen LogP contribution in [0.3, 0.4) is 0 Å². The summed E-state index contributed by atoms with van der Waals surface area (Å²) in [6.07, 6.45) is 1.33. The molecule has 2 aromatic heterocycles. The molecular formula is C11H7ClN4O. The summed E-state index contributed by atoms with van der Waals surface area (Å²) in [5.74, 6) is 0.410. The van der Waals surface area contributed by atoms with E-state index in [1.165, 1.54) is 16.9 Å². The SMILES string of the molecule is O=c1cc(-c2cccc(Cl)c2)[nH]c2ncnn12. The normalized spacial score (nSPS) is 10.9. The van der Waals surface area contributed by atoms with Gasteiger partial charge in [-0.2, -0.15) is 14.6 Å². The van der Waals surface area contributed by atoms with Gasteiger partial charge in [0.25, 0.3) is 5.56 Å². The number of nitrogens with zero attached hydrogens (tertiary/aromatic N) is 3. The fourth-order valence-corrected chi connectivity index (χ4v) is 1.83. The minimum Gasteiger partial charge on any atom is -0.323 e. The average molecular weight is 247 g/mol. The lowest BCUT2D eigenvalue weighted by atomic mass is 10.1. The highest BCUT2D eigenvalue weighted by molar-refractivity contribution is 6.30. The second-order valence-electron chi connectivity index (χ2n) is 3.53. The molecule has 3 rings (SSSR count). The molecule has 0 fully saturated rings. The highest BCUT2D eigenvalue weighted by Crippen LogP contribution is 2.19. The first-order valence-corrected chi connectivity index (χ1v) is 5.31. The van der Waals surface area contributed by atoms with E-state index in [0.717, 1.165) is 5.56 Å². The van der Waals surface area contributed by atoms with Crippen molar-refractivity contribution in [3.8, 4) is 11.3 Å². The summed E-state index contributed by atoms with van der Waals surface area (Å²) >= 11 is 5.91. The van der Waals surface area contributed by atoms with Gasteiger partial charge in [0.15, 0.2) is 0 Å². The highest BCUT2D eigenvalue weighted by atomic mass is 35.5. The van der Waals surface area contributed by atoms with E-state index in [0.29, 0.717) is 16.5 Å². The summed E-state index contributed by atoms with van der Waals surface area (Å²) in [7, 11) is 0. The first-order valence-electron chi connectivity index (χ1n) is 4.93. The fraction of sp³-hybridized carbons (Fsp3) is 0. The Morgan fingerprint density at radius 3 is 3.00 bits per heavy atom. The van der Waals surface area contributed by atoms with Gasteiger partial charge < -0.3 is 4.98 Å². The van der Waals surface area contributed by atoms with E-state index in [4.69, 9.17) is 11.6 Å². The van der Waals surface area contributed by atoms with Gasteiger partial charge in [0.1, 0.15) is 6.33 Å². The molecule has 0 atom stereocenters. The predicted octanol–water partition coefficient (Wildman–Crippen LogP) is 1.74. The number of rotatable bonds is 1. The number of fused-ring (bicyclic) bond motifs is 1. The summed E-state index contributed by atoms with van der Waals surface area (Å²) in [6.45, 7) is 0. The number of aromatic amines is 1. The summed E-state index contributed by atoms with van der Waals surface area (Å²) < 4.78 is 1.20. The van der Waals surface area contributed by atoms with Crippen LogP contribution in [0.1, 0.15) is 0 Å². The van der Waals surface area contributed by atoms with E-state index in [-0.39, 0.29) is 5.56 Å². The van der Waals surface area contributed by atoms with E-state index in [1.807, 2.05) is 12.1 Å². The summed E-state index contributed by atoms with van der Waals surface area (Å²) in [5, 5.41) is 4.42. The van der Waals surface area contributed by atoms with Crippen molar-refractivity contribution in [3.05, 3.63) is 52.0 Å². The van der Waals surface area contributed by atoms with Crippen molar-refractivity contribution in [1.82, 2.24) is 19.6 Å². The molecule has 84 valence electrons. The molecule has 17 heavy (non-hydrogen) atoms. The van der Waals surface area contributed by atoms with Crippen molar-refractivity contribution >= 4 is 17.4 Å². The zero-order valence-electron chi connectivity index (χ0n) is 8.59. The lowest BCUT2D eigenvalue weighted by Crippen LogP contribution is -2.14. The van der Waals surface area contributed by atoms with Crippen LogP contribution in [0.4, 0.5) is 0 Å². The number of nitrogens with one attached hydrogen (secondary N) is 1. The number of hydrogen-bond donors (Lipinski definition) is 1. The van der Waals surface area contributed by atoms with E-state index in [9.17, 15) is 4.79 Å². The number of benzene rings is 1. The predicted molar refractivity (Wildman–Crippen MR) is 64.1 cm³/mol. The Morgan fingerprint density at radius 1 is 1.29 bits per heavy atom. The molecule has 0 radical (unpaired) electrons. The molecule has 0 amide bonds. The van der Waals surface area contributed by atoms with Crippen molar-refractivity contribution in [2.45, 2.75) is 0 Å². The Balaban J connectivity index is 2.27. The van der Waals surface area contributed by atoms with Crippen molar-refractivity contribution in [3.63, 3.8) is 0 Å². The smallest absolute Gasteiger partial charge is 0.276 e. The molecule has 2 heterocycles. The number of aromatic nitrogens is 4. The van der Waals surface area contributed by atoms with Gasteiger partial charge >= 0.3 is 0 Å². The van der Waals surface area contributed by atoms with Gasteiger partial charge in [-0.3, -0.25) is 4.79 Å². The monoisotopic (exact) mass is 246 g/mol. The van der Waals surface area contributed by atoms with Gasteiger partial charge in [0.2, 0.25) is 5.78 Å². The lowest BCUT2D eigenvalue weighted by molar-refractivity contribution is 0.900. The van der Waals surface area contributed by atoms with Gasteiger partial charge in [-0.25, -0.2) is 0 Å². The topological polar surface area (TPSA) is 63.0 Å². The molecule has 3 aromatic rings. The van der Waals surface area contributed by atoms with Gasteiger partial charge in [0.05, 0.1) is 5.69 Å². The van der Waals surface area contributed by atoms with Crippen LogP contribution in [0, 0.1) is 0 Å². The third-order valence-corrected chi connectivity index (χ3v) is 2.64. The minimum atomic E-state index is -0.230. The number of hydrogen-bond acceptors (Lipinski definition) is 3. The standard InChI is InChI=1S/C11H7ClN4O/c12-8-3-1-2-7(4-8)9-5-10(17)16-11(15-9)13-6-14-16/h1-6H,(H,13,14,15). The van der Waals surface area contributed by atoms with Gasteiger partial charge in [0, 0.05) is 11.1 Å². The molecule has 0 aliphatic carbocycles. The van der Waals surface area contributed by atoms with Crippen LogP contribution in [0.2, 0.25) is 5.02 Å². The molecule has 0 spiro atoms. The summed E-state index contributed by atoms with van der Waals surface area (Å²) in [5.41, 5.74) is 1.27. The van der Waals surface area contributed by atoms with E-state index >= 15 is 0 Å². The van der Waals surface area contributed by atoms with Crippen LogP contribution in [-0.4, -0.2) is 19.6 Å². The molecule has 0 aliphatic rings. The Bertz CT molecular complexity index is 746. The van der Waals surface area contributed by atoms with E-state index in [1.54, 1.807) is 12.1 Å². The first kappa shape index (κ1) is 10.0. The number of H-pyrrole nitrogens is 1. The Kier molecular flexibility index (Phi) is 2.19. The minimum absolute atomic E-state index is 0.230. The van der Waals surface area contributed by atoms with Gasteiger partial charge in [-0.15, -0.1) is 0 Å². The third-order valence-electron chi connectivity index (χ3n) is 2.41. The van der Waals surface area contributed by atoms with Crippen LogP contribution in [0.5, 0.6) is 0 Å². The van der Waals surface area contributed by atoms with Crippen LogP contribution < -0.4 is 5.56 Å². The van der Waals surface area contributed by atoms with E-state index < -0.39 is 0 Å². The van der Waals surface area contributed by atoms with Crippen LogP contribution in [0.15, 0.2) is 41.5 Å². The van der Waals surface area contributed by atoms with Gasteiger partial charge in [-0.05, 0) is 17.7 Å². The zero-order chi connectivity index (χ0) is 11.8. The van der Waals surface area contributed by atoms with Crippen LogP contribution in [0.25, 0.3) is 17.0 Å². The maximum Gasteiger partial charge on any atom is 0.276 e. The van der Waals surface area contributed by atoms with Crippen LogP contribution >= 0.6 is 11.6 Å². The molecule has 1 aromatic carbocycles. The van der Waals surface area contributed by atoms with Crippen molar-refractivity contribution in [1.29, 1.82) is 0 Å². The Hall–Kier alpha value is -2.14. The van der Waals surface area contributed by atoms with Crippen molar-refractivity contribution in [2.24, 2.45) is 0 Å². The second kappa shape index (κ2) is 3.71. The van der Waals surface area contributed by atoms with E-state index in [2.05, 4.69) is 15.1 Å². The molecule has 0 bridgehead atoms. The highest BCUT2D eigenvalue weighted by Gasteiger charge is 2.05. The summed E-state index contributed by atoms with van der Waals surface area (Å²) in [4.78, 5) is 18.7. The molecule has 0 aliphatic heterocycles. The Labute approximate surface area is 101 Å². The summed E-state index contributed by atoms with van der Waals surface area (Å²) in [6, 6.07) is 8.71. The largest absolute Gasteiger partial charge is 0.323 e. The molecule has 5 nitrogen and oxygen atoms in total. The van der Waals surface area contributed by atoms with Gasteiger partial charge in [-0.1, -0.05) is 23.7 Å². The zero-order valence-corrected chi connectivity index (χ0v) is 9.35. The average Bonchev–Trinajstić information content (AvgIpc) is 2.77. The van der Waals surface area contributed by atoms with Crippen molar-refractivity contribution in [2.75, 3.05) is 0 Å². The maximum absolute atomic E-state index is 11.7. The number of halogens is 1. The van der Waals surface area contributed by atoms with Crippen molar-refractivity contribution < 1.29 is 0 Å². The quantitative estimate of drug-likeness (QED) is 0.711. The molecule has 1 N–H and O–H groups in total.